The molecule has 0 saturated heterocycles. The molecule has 0 heterocycles. The fraction of sp³-hybridized carbons (Fsp3) is 0.133. The third kappa shape index (κ3) is 4.69. The second-order valence-electron chi connectivity index (χ2n) is 4.28. The molecule has 0 fully saturated rings. The van der Waals surface area contributed by atoms with E-state index in [0.29, 0.717) is 5.75 Å². The van der Waals surface area contributed by atoms with E-state index in [1.54, 1.807) is 0 Å². The zero-order valence-corrected chi connectivity index (χ0v) is 11.4. The van der Waals surface area contributed by atoms with Crippen molar-refractivity contribution >= 4 is 6.21 Å². The van der Waals surface area contributed by atoms with Crippen molar-refractivity contribution in [2.45, 2.75) is 13.0 Å². The Balaban J connectivity index is 2.00. The lowest BCUT2D eigenvalue weighted by molar-refractivity contribution is -0.274. The molecule has 22 heavy (non-hydrogen) atoms. The van der Waals surface area contributed by atoms with Gasteiger partial charge >= 0.3 is 6.36 Å². The van der Waals surface area contributed by atoms with Crippen LogP contribution in [0.3, 0.4) is 0 Å². The molecule has 0 saturated carbocycles. The van der Waals surface area contributed by atoms with Crippen LogP contribution in [0.5, 0.6) is 11.5 Å². The van der Waals surface area contributed by atoms with E-state index in [1.807, 2.05) is 24.3 Å². The molecule has 0 aliphatic heterocycles. The second kappa shape index (κ2) is 6.84. The van der Waals surface area contributed by atoms with E-state index in [9.17, 15) is 13.2 Å². The van der Waals surface area contributed by atoms with Crippen molar-refractivity contribution in [1.82, 2.24) is 0 Å². The molecule has 0 bridgehead atoms. The SMILES string of the molecule is NN=Cc1ccccc1COc1ccc(OC(F)(F)F)cc1. The molecule has 2 N–H and O–H groups in total. The molecule has 0 amide bonds. The highest BCUT2D eigenvalue weighted by Gasteiger charge is 2.30. The topological polar surface area (TPSA) is 56.8 Å². The van der Waals surface area contributed by atoms with Gasteiger partial charge in [0.2, 0.25) is 0 Å². The summed E-state index contributed by atoms with van der Waals surface area (Å²) in [6.07, 6.45) is -3.21. The van der Waals surface area contributed by atoms with Crippen molar-refractivity contribution in [3.63, 3.8) is 0 Å². The van der Waals surface area contributed by atoms with Crippen LogP contribution in [0.1, 0.15) is 11.1 Å². The molecule has 0 spiro atoms. The molecule has 116 valence electrons. The molecule has 2 rings (SSSR count). The van der Waals surface area contributed by atoms with Gasteiger partial charge in [0.1, 0.15) is 18.1 Å². The van der Waals surface area contributed by atoms with Crippen LogP contribution in [0.4, 0.5) is 13.2 Å². The number of benzene rings is 2. The maximum atomic E-state index is 12.1. The van der Waals surface area contributed by atoms with Gasteiger partial charge in [-0.15, -0.1) is 13.2 Å². The summed E-state index contributed by atoms with van der Waals surface area (Å²) in [5.74, 6) is 5.26. The van der Waals surface area contributed by atoms with Gasteiger partial charge in [-0.1, -0.05) is 24.3 Å². The number of nitrogens with two attached hydrogens (primary N) is 1. The van der Waals surface area contributed by atoms with Crippen molar-refractivity contribution in [3.05, 3.63) is 59.7 Å². The lowest BCUT2D eigenvalue weighted by Gasteiger charge is -2.11. The van der Waals surface area contributed by atoms with Crippen molar-refractivity contribution < 1.29 is 22.6 Å². The maximum Gasteiger partial charge on any atom is 0.573 e. The number of halogens is 3. The zero-order valence-electron chi connectivity index (χ0n) is 11.4. The molecule has 2 aromatic rings. The van der Waals surface area contributed by atoms with Crippen LogP contribution >= 0.6 is 0 Å². The predicted molar refractivity (Wildman–Crippen MR) is 75.7 cm³/mol. The number of ether oxygens (including phenoxy) is 2. The van der Waals surface area contributed by atoms with Crippen molar-refractivity contribution in [2.75, 3.05) is 0 Å². The van der Waals surface area contributed by atoms with E-state index in [2.05, 4.69) is 9.84 Å². The van der Waals surface area contributed by atoms with Gasteiger partial charge in [0.25, 0.3) is 0 Å². The Bertz CT molecular complexity index is 640. The van der Waals surface area contributed by atoms with Crippen molar-refractivity contribution in [2.24, 2.45) is 10.9 Å². The zero-order chi connectivity index (χ0) is 16.0. The van der Waals surface area contributed by atoms with Gasteiger partial charge in [-0.2, -0.15) is 5.10 Å². The Hall–Kier alpha value is -2.70. The Kier molecular flexibility index (Phi) is 4.88. The summed E-state index contributed by atoms with van der Waals surface area (Å²) in [7, 11) is 0. The van der Waals surface area contributed by atoms with E-state index in [4.69, 9.17) is 10.6 Å². The maximum absolute atomic E-state index is 12.1. The molecular weight excluding hydrogens is 297 g/mol. The molecular formula is C15H13F3N2O2. The van der Waals surface area contributed by atoms with Crippen LogP contribution in [-0.4, -0.2) is 12.6 Å². The quantitative estimate of drug-likeness (QED) is 0.523. The average molecular weight is 310 g/mol. The Morgan fingerprint density at radius 1 is 1.00 bits per heavy atom. The number of nitrogens with zero attached hydrogens (tertiary/aromatic N) is 1. The van der Waals surface area contributed by atoms with Crippen LogP contribution < -0.4 is 15.3 Å². The highest BCUT2D eigenvalue weighted by molar-refractivity contribution is 5.81. The number of alkyl halides is 3. The monoisotopic (exact) mass is 310 g/mol. The van der Waals surface area contributed by atoms with E-state index in [0.717, 1.165) is 11.1 Å². The van der Waals surface area contributed by atoms with Gasteiger partial charge in [0.05, 0.1) is 6.21 Å². The van der Waals surface area contributed by atoms with E-state index in [-0.39, 0.29) is 12.4 Å². The molecule has 0 atom stereocenters. The largest absolute Gasteiger partial charge is 0.573 e. The third-order valence-electron chi connectivity index (χ3n) is 2.72. The van der Waals surface area contributed by atoms with Gasteiger partial charge in [-0.05, 0) is 29.8 Å². The normalized spacial score (nSPS) is 11.6. The molecule has 7 heteroatoms. The van der Waals surface area contributed by atoms with Gasteiger partial charge < -0.3 is 15.3 Å². The molecule has 0 unspecified atom stereocenters. The summed E-state index contributed by atoms with van der Waals surface area (Å²) < 4.78 is 45.5. The average Bonchev–Trinajstić information content (AvgIpc) is 2.47. The Morgan fingerprint density at radius 3 is 2.27 bits per heavy atom. The number of hydrazone groups is 1. The van der Waals surface area contributed by atoms with Gasteiger partial charge in [-0.25, -0.2) is 0 Å². The smallest absolute Gasteiger partial charge is 0.489 e. The van der Waals surface area contributed by atoms with Gasteiger partial charge in [0, 0.05) is 5.56 Å². The summed E-state index contributed by atoms with van der Waals surface area (Å²) in [5, 5.41) is 3.46. The summed E-state index contributed by atoms with van der Waals surface area (Å²) in [6, 6.07) is 12.5. The Morgan fingerprint density at radius 2 is 1.64 bits per heavy atom. The molecule has 2 aromatic carbocycles. The number of hydrogen-bond acceptors (Lipinski definition) is 4. The molecule has 4 nitrogen and oxygen atoms in total. The van der Waals surface area contributed by atoms with Crippen molar-refractivity contribution in [1.29, 1.82) is 0 Å². The minimum Gasteiger partial charge on any atom is -0.489 e. The predicted octanol–water partition coefficient (Wildman–Crippen LogP) is 3.46. The second-order valence-corrected chi connectivity index (χ2v) is 4.28. The summed E-state index contributed by atoms with van der Waals surface area (Å²) in [5.41, 5.74) is 1.66. The third-order valence-corrected chi connectivity index (χ3v) is 2.72. The van der Waals surface area contributed by atoms with Crippen LogP contribution in [-0.2, 0) is 6.61 Å². The summed E-state index contributed by atoms with van der Waals surface area (Å²) in [4.78, 5) is 0. The van der Waals surface area contributed by atoms with Crippen molar-refractivity contribution in [3.8, 4) is 11.5 Å². The fourth-order valence-corrected chi connectivity index (χ4v) is 1.77. The van der Waals surface area contributed by atoms with Gasteiger partial charge in [-0.3, -0.25) is 0 Å². The standard InChI is InChI=1S/C15H13F3N2O2/c16-15(17,18)22-14-7-5-13(6-8-14)21-10-12-4-2-1-3-11(12)9-20-19/h1-9H,10,19H2. The molecule has 0 aliphatic carbocycles. The fourth-order valence-electron chi connectivity index (χ4n) is 1.77. The minimum absolute atomic E-state index is 0.238. The lowest BCUT2D eigenvalue weighted by Crippen LogP contribution is -2.16. The Labute approximate surface area is 125 Å². The molecule has 0 radical (unpaired) electrons. The first-order valence-electron chi connectivity index (χ1n) is 6.28. The van der Waals surface area contributed by atoms with Crippen LogP contribution in [0, 0.1) is 0 Å². The van der Waals surface area contributed by atoms with Gasteiger partial charge in [0.15, 0.2) is 0 Å². The van der Waals surface area contributed by atoms with E-state index < -0.39 is 6.36 Å². The highest BCUT2D eigenvalue weighted by atomic mass is 19.4. The first-order chi connectivity index (χ1) is 10.5. The summed E-state index contributed by atoms with van der Waals surface area (Å²) >= 11 is 0. The number of hydrogen-bond donors (Lipinski definition) is 1. The van der Waals surface area contributed by atoms with E-state index in [1.165, 1.54) is 30.5 Å². The highest BCUT2D eigenvalue weighted by Crippen LogP contribution is 2.25. The first kappa shape index (κ1) is 15.7. The minimum atomic E-state index is -4.71. The summed E-state index contributed by atoms with van der Waals surface area (Å²) in [6.45, 7) is 0.238. The number of rotatable bonds is 5. The van der Waals surface area contributed by atoms with Crippen LogP contribution in [0.2, 0.25) is 0 Å². The van der Waals surface area contributed by atoms with Crippen LogP contribution in [0.25, 0.3) is 0 Å². The first-order valence-corrected chi connectivity index (χ1v) is 6.28. The lowest BCUT2D eigenvalue weighted by atomic mass is 10.1. The van der Waals surface area contributed by atoms with E-state index >= 15 is 0 Å². The molecule has 0 aromatic heterocycles. The van der Waals surface area contributed by atoms with Crippen LogP contribution in [0.15, 0.2) is 53.6 Å². The molecule has 0 aliphatic rings.